The van der Waals surface area contributed by atoms with Crippen LogP contribution in [0.2, 0.25) is 5.15 Å². The van der Waals surface area contributed by atoms with Gasteiger partial charge in [-0.3, -0.25) is 0 Å². The molecule has 0 saturated carbocycles. The molecule has 0 radical (unpaired) electrons. The molecule has 1 heterocycles. The minimum atomic E-state index is 0.303. The summed E-state index contributed by atoms with van der Waals surface area (Å²) in [7, 11) is 0. The molecular weight excluding hydrogens is 144 g/mol. The number of halogens is 1. The maximum Gasteiger partial charge on any atom is 0.157 e. The summed E-state index contributed by atoms with van der Waals surface area (Å²) >= 11 is 6.66. The van der Waals surface area contributed by atoms with Gasteiger partial charge in [0.25, 0.3) is 0 Å². The predicted molar refractivity (Wildman–Crippen MR) is 31.8 cm³/mol. The number of aromatic nitrogens is 1. The third kappa shape index (κ3) is 0.808. The highest BCUT2D eigenvalue weighted by molar-refractivity contribution is 7.10. The van der Waals surface area contributed by atoms with Crippen LogP contribution in [0.4, 0.5) is 0 Å². The van der Waals surface area contributed by atoms with Crippen molar-refractivity contribution in [3.63, 3.8) is 0 Å². The maximum atomic E-state index is 8.24. The molecule has 0 aromatic carbocycles. The van der Waals surface area contributed by atoms with Gasteiger partial charge >= 0.3 is 0 Å². The maximum absolute atomic E-state index is 8.24. The third-order valence-corrected chi connectivity index (χ3v) is 1.76. The molecule has 1 rings (SSSR count). The molecule has 0 bridgehead atoms. The molecule has 8 heavy (non-hydrogen) atoms. The zero-order chi connectivity index (χ0) is 5.98. The van der Waals surface area contributed by atoms with E-state index in [1.165, 1.54) is 11.3 Å². The van der Waals surface area contributed by atoms with E-state index in [0.29, 0.717) is 10.0 Å². The van der Waals surface area contributed by atoms with Gasteiger partial charge in [-0.2, -0.15) is 5.26 Å². The Balaban J connectivity index is 3.15. The molecule has 0 unspecified atom stereocenters. The van der Waals surface area contributed by atoms with Crippen molar-refractivity contribution in [3.05, 3.63) is 15.5 Å². The van der Waals surface area contributed by atoms with Crippen molar-refractivity contribution in [2.75, 3.05) is 0 Å². The molecule has 0 saturated heterocycles. The van der Waals surface area contributed by atoms with E-state index in [4.69, 9.17) is 16.9 Å². The second kappa shape index (κ2) is 2.12. The lowest BCUT2D eigenvalue weighted by Gasteiger charge is -1.71. The lowest BCUT2D eigenvalue weighted by atomic mass is 10.6. The molecule has 1 aromatic heterocycles. The molecule has 40 valence electrons. The summed E-state index contributed by atoms with van der Waals surface area (Å²) in [6.07, 6.45) is 0. The number of nitriles is 1. The first kappa shape index (κ1) is 5.54. The van der Waals surface area contributed by atoms with Gasteiger partial charge < -0.3 is 0 Å². The van der Waals surface area contributed by atoms with Crippen LogP contribution in [-0.2, 0) is 0 Å². The van der Waals surface area contributed by atoms with E-state index in [1.54, 1.807) is 5.51 Å². The van der Waals surface area contributed by atoms with Crippen molar-refractivity contribution in [2.45, 2.75) is 0 Å². The fourth-order valence-electron chi connectivity index (χ4n) is 0.305. The predicted octanol–water partition coefficient (Wildman–Crippen LogP) is 1.67. The van der Waals surface area contributed by atoms with Gasteiger partial charge in [0, 0.05) is 0 Å². The molecule has 0 atom stereocenters. The standard InChI is InChI=1S/C4HClN2S/c5-4-3(1-6)8-2-7-4/h2H. The Morgan fingerprint density at radius 2 is 2.62 bits per heavy atom. The van der Waals surface area contributed by atoms with Crippen LogP contribution in [0.15, 0.2) is 5.51 Å². The Labute approximate surface area is 55.4 Å². The lowest BCUT2D eigenvalue weighted by molar-refractivity contribution is 1.40. The molecule has 0 N–H and O–H groups in total. The summed E-state index contributed by atoms with van der Waals surface area (Å²) in [5, 5.41) is 8.55. The lowest BCUT2D eigenvalue weighted by Crippen LogP contribution is -1.62. The molecular formula is C4HClN2S. The number of rotatable bonds is 0. The van der Waals surface area contributed by atoms with Gasteiger partial charge in [0.15, 0.2) is 5.15 Å². The molecule has 0 aliphatic carbocycles. The summed E-state index contributed by atoms with van der Waals surface area (Å²) in [5.41, 5.74) is 1.54. The zero-order valence-corrected chi connectivity index (χ0v) is 5.33. The van der Waals surface area contributed by atoms with Gasteiger partial charge in [0.05, 0.1) is 5.51 Å². The molecule has 0 amide bonds. The highest BCUT2D eigenvalue weighted by Crippen LogP contribution is 2.15. The number of hydrogen-bond donors (Lipinski definition) is 0. The SMILES string of the molecule is N#Cc1scnc1Cl. The summed E-state index contributed by atoms with van der Waals surface area (Å²) in [5.74, 6) is 0. The monoisotopic (exact) mass is 144 g/mol. The molecule has 0 fully saturated rings. The van der Waals surface area contributed by atoms with Gasteiger partial charge in [-0.05, 0) is 0 Å². The highest BCUT2D eigenvalue weighted by atomic mass is 35.5. The summed E-state index contributed by atoms with van der Waals surface area (Å²) in [6, 6.07) is 1.90. The van der Waals surface area contributed by atoms with Crippen LogP contribution >= 0.6 is 22.9 Å². The van der Waals surface area contributed by atoms with E-state index in [2.05, 4.69) is 4.98 Å². The Morgan fingerprint density at radius 3 is 2.88 bits per heavy atom. The van der Waals surface area contributed by atoms with Gasteiger partial charge in [-0.25, -0.2) is 4.98 Å². The van der Waals surface area contributed by atoms with E-state index in [0.717, 1.165) is 0 Å². The normalized spacial score (nSPS) is 8.50. The Kier molecular flexibility index (Phi) is 1.47. The summed E-state index contributed by atoms with van der Waals surface area (Å²) < 4.78 is 0. The average molecular weight is 145 g/mol. The first-order chi connectivity index (χ1) is 3.84. The Hall–Kier alpha value is -0.590. The van der Waals surface area contributed by atoms with Crippen LogP contribution in [0, 0.1) is 11.3 Å². The molecule has 1 aromatic rings. The highest BCUT2D eigenvalue weighted by Gasteiger charge is 1.98. The van der Waals surface area contributed by atoms with Crippen LogP contribution in [0.5, 0.6) is 0 Å². The fraction of sp³-hybridized carbons (Fsp3) is 0. The van der Waals surface area contributed by atoms with Crippen molar-refractivity contribution in [2.24, 2.45) is 0 Å². The Bertz CT molecular complexity index is 224. The van der Waals surface area contributed by atoms with Gasteiger partial charge in [0.1, 0.15) is 10.9 Å². The topological polar surface area (TPSA) is 36.7 Å². The van der Waals surface area contributed by atoms with Crippen molar-refractivity contribution in [3.8, 4) is 6.07 Å². The van der Waals surface area contributed by atoms with E-state index in [1.807, 2.05) is 6.07 Å². The second-order valence-corrected chi connectivity index (χ2v) is 2.30. The molecule has 4 heteroatoms. The molecule has 2 nitrogen and oxygen atoms in total. The van der Waals surface area contributed by atoms with E-state index in [9.17, 15) is 0 Å². The second-order valence-electron chi connectivity index (χ2n) is 1.08. The van der Waals surface area contributed by atoms with E-state index >= 15 is 0 Å². The fourth-order valence-corrected chi connectivity index (χ4v) is 1.05. The summed E-state index contributed by atoms with van der Waals surface area (Å²) in [6.45, 7) is 0. The van der Waals surface area contributed by atoms with E-state index < -0.39 is 0 Å². The first-order valence-corrected chi connectivity index (χ1v) is 3.09. The minimum Gasteiger partial charge on any atom is -0.232 e. The van der Waals surface area contributed by atoms with Crippen LogP contribution < -0.4 is 0 Å². The largest absolute Gasteiger partial charge is 0.232 e. The van der Waals surface area contributed by atoms with Gasteiger partial charge in [0.2, 0.25) is 0 Å². The third-order valence-electron chi connectivity index (χ3n) is 0.626. The first-order valence-electron chi connectivity index (χ1n) is 1.83. The van der Waals surface area contributed by atoms with Gasteiger partial charge in [-0.1, -0.05) is 11.6 Å². The average Bonchev–Trinajstić information content (AvgIpc) is 2.14. The van der Waals surface area contributed by atoms with Crippen LogP contribution in [0.25, 0.3) is 0 Å². The van der Waals surface area contributed by atoms with Gasteiger partial charge in [-0.15, -0.1) is 11.3 Å². The number of nitrogens with zero attached hydrogens (tertiary/aromatic N) is 2. The molecule has 0 spiro atoms. The molecule has 0 aliphatic rings. The van der Waals surface area contributed by atoms with Crippen LogP contribution in [0.1, 0.15) is 4.88 Å². The minimum absolute atomic E-state index is 0.303. The number of hydrogen-bond acceptors (Lipinski definition) is 3. The quantitative estimate of drug-likeness (QED) is 0.556. The molecule has 0 aliphatic heterocycles. The van der Waals surface area contributed by atoms with Crippen LogP contribution in [-0.4, -0.2) is 4.98 Å². The van der Waals surface area contributed by atoms with Crippen molar-refractivity contribution >= 4 is 22.9 Å². The number of thiazole rings is 1. The van der Waals surface area contributed by atoms with Crippen molar-refractivity contribution in [1.29, 1.82) is 5.26 Å². The Morgan fingerprint density at radius 1 is 1.88 bits per heavy atom. The zero-order valence-electron chi connectivity index (χ0n) is 3.76. The van der Waals surface area contributed by atoms with Crippen molar-refractivity contribution < 1.29 is 0 Å². The van der Waals surface area contributed by atoms with E-state index in [-0.39, 0.29) is 0 Å². The van der Waals surface area contributed by atoms with Crippen molar-refractivity contribution in [1.82, 2.24) is 4.98 Å². The summed E-state index contributed by atoms with van der Waals surface area (Å²) in [4.78, 5) is 4.13. The van der Waals surface area contributed by atoms with Crippen LogP contribution in [0.3, 0.4) is 0 Å². The smallest absolute Gasteiger partial charge is 0.157 e.